The van der Waals surface area contributed by atoms with E-state index in [0.29, 0.717) is 24.5 Å². The Labute approximate surface area is 117 Å². The molecule has 0 saturated carbocycles. The Hall–Kier alpha value is -2.24. The molecule has 1 aromatic carbocycles. The van der Waals surface area contributed by atoms with Crippen LogP contribution in [0.15, 0.2) is 23.4 Å². The number of benzene rings is 1. The molecule has 1 saturated heterocycles. The maximum Gasteiger partial charge on any atom is 0.266 e. The fourth-order valence-electron chi connectivity index (χ4n) is 1.99. The van der Waals surface area contributed by atoms with Gasteiger partial charge in [-0.05, 0) is 18.2 Å². The number of methoxy groups -OCH3 is 2. The van der Waals surface area contributed by atoms with Gasteiger partial charge in [0.1, 0.15) is 11.5 Å². The summed E-state index contributed by atoms with van der Waals surface area (Å²) in [6.45, 7) is 0.696. The summed E-state index contributed by atoms with van der Waals surface area (Å²) in [6, 6.07) is 5.37. The van der Waals surface area contributed by atoms with Gasteiger partial charge in [-0.25, -0.2) is 0 Å². The lowest BCUT2D eigenvalue weighted by Gasteiger charge is -2.09. The molecular weight excluding hydrogens is 260 g/mol. The Morgan fingerprint density at radius 1 is 1.35 bits per heavy atom. The molecule has 6 heteroatoms. The van der Waals surface area contributed by atoms with Gasteiger partial charge < -0.3 is 19.2 Å². The summed E-state index contributed by atoms with van der Waals surface area (Å²) < 4.78 is 10.4. The molecule has 1 fully saturated rings. The molecule has 0 aliphatic carbocycles. The van der Waals surface area contributed by atoms with E-state index in [0.717, 1.165) is 5.56 Å². The average molecular weight is 278 g/mol. The van der Waals surface area contributed by atoms with E-state index < -0.39 is 6.10 Å². The number of hydrogen-bond donors (Lipinski definition) is 0. The Morgan fingerprint density at radius 2 is 2.15 bits per heavy atom. The van der Waals surface area contributed by atoms with Crippen LogP contribution >= 0.6 is 0 Å². The van der Waals surface area contributed by atoms with Crippen molar-refractivity contribution < 1.29 is 19.1 Å². The van der Waals surface area contributed by atoms with Crippen molar-refractivity contribution in [2.75, 3.05) is 27.8 Å². The molecule has 0 N–H and O–H groups in total. The topological polar surface area (TPSA) is 60.4 Å². The van der Waals surface area contributed by atoms with Crippen LogP contribution in [0.25, 0.3) is 0 Å². The van der Waals surface area contributed by atoms with Crippen molar-refractivity contribution in [1.82, 2.24) is 4.90 Å². The molecule has 108 valence electrons. The third-order valence-electron chi connectivity index (χ3n) is 3.20. The van der Waals surface area contributed by atoms with Crippen LogP contribution < -0.4 is 9.47 Å². The zero-order chi connectivity index (χ0) is 14.5. The molecule has 1 aliphatic heterocycles. The molecule has 1 heterocycles. The number of carbonyl (C=O) groups is 1. The van der Waals surface area contributed by atoms with Crippen LogP contribution in [-0.4, -0.2) is 50.9 Å². The minimum absolute atomic E-state index is 0.0419. The van der Waals surface area contributed by atoms with Crippen molar-refractivity contribution in [3.8, 4) is 11.5 Å². The third-order valence-corrected chi connectivity index (χ3v) is 3.20. The summed E-state index contributed by atoms with van der Waals surface area (Å²) >= 11 is 0. The Kier molecular flexibility index (Phi) is 4.45. The normalized spacial score (nSPS) is 18.6. The summed E-state index contributed by atoms with van der Waals surface area (Å²) in [5, 5.41) is 3.88. The van der Waals surface area contributed by atoms with E-state index in [2.05, 4.69) is 5.16 Å². The van der Waals surface area contributed by atoms with Crippen LogP contribution in [0.5, 0.6) is 11.5 Å². The summed E-state index contributed by atoms with van der Waals surface area (Å²) in [7, 11) is 4.92. The highest BCUT2D eigenvalue weighted by atomic mass is 16.6. The maximum absolute atomic E-state index is 11.7. The lowest BCUT2D eigenvalue weighted by Crippen LogP contribution is -2.26. The molecule has 0 unspecified atom stereocenters. The number of likely N-dealkylation sites (tertiary alicyclic amines) is 1. The van der Waals surface area contributed by atoms with Crippen molar-refractivity contribution >= 4 is 12.1 Å². The summed E-state index contributed by atoms with van der Waals surface area (Å²) in [6.07, 6.45) is 1.68. The van der Waals surface area contributed by atoms with Gasteiger partial charge in [-0.15, -0.1) is 0 Å². The molecule has 1 atom stereocenters. The van der Waals surface area contributed by atoms with Crippen molar-refractivity contribution in [3.63, 3.8) is 0 Å². The zero-order valence-electron chi connectivity index (χ0n) is 11.8. The molecule has 1 aromatic rings. The Balaban J connectivity index is 2.05. The smallest absolute Gasteiger partial charge is 0.266 e. The van der Waals surface area contributed by atoms with Crippen molar-refractivity contribution in [3.05, 3.63) is 23.8 Å². The van der Waals surface area contributed by atoms with Crippen LogP contribution in [-0.2, 0) is 9.63 Å². The molecule has 0 spiro atoms. The van der Waals surface area contributed by atoms with E-state index in [1.807, 2.05) is 0 Å². The van der Waals surface area contributed by atoms with Crippen LogP contribution in [0.4, 0.5) is 0 Å². The quantitative estimate of drug-likeness (QED) is 0.601. The van der Waals surface area contributed by atoms with Gasteiger partial charge in [0.05, 0.1) is 20.4 Å². The predicted octanol–water partition coefficient (Wildman–Crippen LogP) is 1.29. The molecular formula is C14H18N2O4. The minimum atomic E-state index is -0.493. The number of nitrogens with zero attached hydrogens (tertiary/aromatic N) is 2. The maximum atomic E-state index is 11.7. The lowest BCUT2D eigenvalue weighted by atomic mass is 10.2. The van der Waals surface area contributed by atoms with Gasteiger partial charge in [-0.3, -0.25) is 4.79 Å². The highest BCUT2D eigenvalue weighted by Gasteiger charge is 2.30. The van der Waals surface area contributed by atoms with Crippen molar-refractivity contribution in [2.24, 2.45) is 5.16 Å². The number of likely N-dealkylation sites (N-methyl/N-ethyl adjacent to an activating group) is 1. The molecule has 6 nitrogen and oxygen atoms in total. The minimum Gasteiger partial charge on any atom is -0.497 e. The number of carbonyl (C=O) groups excluding carboxylic acids is 1. The molecule has 0 bridgehead atoms. The van der Waals surface area contributed by atoms with Crippen molar-refractivity contribution in [2.45, 2.75) is 12.5 Å². The fraction of sp³-hybridized carbons (Fsp3) is 0.429. The van der Waals surface area contributed by atoms with Gasteiger partial charge in [0.15, 0.2) is 0 Å². The Bertz CT molecular complexity index is 516. The summed E-state index contributed by atoms with van der Waals surface area (Å²) in [5.41, 5.74) is 0.727. The van der Waals surface area contributed by atoms with E-state index in [-0.39, 0.29) is 5.91 Å². The fourth-order valence-corrected chi connectivity index (χ4v) is 1.99. The van der Waals surface area contributed by atoms with Gasteiger partial charge >= 0.3 is 0 Å². The van der Waals surface area contributed by atoms with Crippen LogP contribution in [0.3, 0.4) is 0 Å². The number of ether oxygens (including phenoxy) is 2. The predicted molar refractivity (Wildman–Crippen MR) is 74.3 cm³/mol. The first-order valence-electron chi connectivity index (χ1n) is 6.32. The second kappa shape index (κ2) is 6.27. The van der Waals surface area contributed by atoms with Crippen LogP contribution in [0.1, 0.15) is 12.0 Å². The molecule has 1 amide bonds. The van der Waals surface area contributed by atoms with Gasteiger partial charge in [0, 0.05) is 25.6 Å². The second-order valence-corrected chi connectivity index (χ2v) is 4.48. The highest BCUT2D eigenvalue weighted by Crippen LogP contribution is 2.22. The number of oxime groups is 1. The van der Waals surface area contributed by atoms with Crippen molar-refractivity contribution in [1.29, 1.82) is 0 Å². The molecule has 20 heavy (non-hydrogen) atoms. The van der Waals surface area contributed by atoms with Gasteiger partial charge in [0.25, 0.3) is 5.91 Å². The molecule has 1 aliphatic rings. The highest BCUT2D eigenvalue weighted by molar-refractivity contribution is 5.85. The lowest BCUT2D eigenvalue weighted by molar-refractivity contribution is -0.136. The largest absolute Gasteiger partial charge is 0.497 e. The molecule has 0 aromatic heterocycles. The van der Waals surface area contributed by atoms with E-state index >= 15 is 0 Å². The van der Waals surface area contributed by atoms with E-state index in [4.69, 9.17) is 14.3 Å². The third kappa shape index (κ3) is 3.01. The molecule has 0 radical (unpaired) electrons. The SMILES string of the molecule is COc1ccc(OC)c(C=NO[C@H]2CCN(C)C2=O)c1. The second-order valence-electron chi connectivity index (χ2n) is 4.48. The number of rotatable bonds is 5. The first-order chi connectivity index (χ1) is 9.65. The van der Waals surface area contributed by atoms with E-state index in [9.17, 15) is 4.79 Å². The number of amides is 1. The molecule has 2 rings (SSSR count). The summed E-state index contributed by atoms with van der Waals surface area (Å²) in [4.78, 5) is 18.5. The standard InChI is InChI=1S/C14H18N2O4/c1-16-7-6-13(14(16)17)20-15-9-10-8-11(18-2)4-5-12(10)19-3/h4-5,8-9,13H,6-7H2,1-3H3/t13-/m0/s1. The first-order valence-corrected chi connectivity index (χ1v) is 6.32. The monoisotopic (exact) mass is 278 g/mol. The number of hydrogen-bond acceptors (Lipinski definition) is 5. The van der Waals surface area contributed by atoms with E-state index in [1.54, 1.807) is 44.4 Å². The Morgan fingerprint density at radius 3 is 2.75 bits per heavy atom. The van der Waals surface area contributed by atoms with Gasteiger partial charge in [-0.2, -0.15) is 0 Å². The van der Waals surface area contributed by atoms with Crippen LogP contribution in [0.2, 0.25) is 0 Å². The average Bonchev–Trinajstić information content (AvgIpc) is 2.79. The van der Waals surface area contributed by atoms with E-state index in [1.165, 1.54) is 6.21 Å². The van der Waals surface area contributed by atoms with Gasteiger partial charge in [0.2, 0.25) is 6.10 Å². The van der Waals surface area contributed by atoms with Gasteiger partial charge in [-0.1, -0.05) is 5.16 Å². The first kappa shape index (κ1) is 14.2. The zero-order valence-corrected chi connectivity index (χ0v) is 11.8. The van der Waals surface area contributed by atoms with Crippen LogP contribution in [0, 0.1) is 0 Å². The summed E-state index contributed by atoms with van der Waals surface area (Å²) in [5.74, 6) is 1.32.